The van der Waals surface area contributed by atoms with Gasteiger partial charge in [0.2, 0.25) is 0 Å². The Morgan fingerprint density at radius 3 is 1.38 bits per heavy atom. The maximum atomic E-state index is 5.78. The summed E-state index contributed by atoms with van der Waals surface area (Å²) in [7, 11) is 0. The Hall–Kier alpha value is -1.18. The molecule has 0 atom stereocenters. The summed E-state index contributed by atoms with van der Waals surface area (Å²) in [5, 5.41) is 0. The molecule has 1 aromatic carbocycles. The van der Waals surface area contributed by atoms with Crippen molar-refractivity contribution >= 4 is 0 Å². The highest BCUT2D eigenvalue weighted by molar-refractivity contribution is 5.31. The number of rotatable bonds is 19. The van der Waals surface area contributed by atoms with E-state index in [4.69, 9.17) is 28.4 Å². The van der Waals surface area contributed by atoms with E-state index < -0.39 is 0 Å². The summed E-state index contributed by atoms with van der Waals surface area (Å²) < 4.78 is 32.8. The first kappa shape index (κ1) is 28.9. The summed E-state index contributed by atoms with van der Waals surface area (Å²) in [4.78, 5) is 0. The van der Waals surface area contributed by atoms with Crippen LogP contribution in [-0.2, 0) is 29.1 Å². The van der Waals surface area contributed by atoms with E-state index in [9.17, 15) is 0 Å². The number of hydrogen-bond donors (Lipinski definition) is 0. The second-order valence-corrected chi connectivity index (χ2v) is 9.64. The summed E-state index contributed by atoms with van der Waals surface area (Å²) in [5.41, 5.74) is 1.78. The van der Waals surface area contributed by atoms with Gasteiger partial charge in [0.1, 0.15) is 12.4 Å². The minimum absolute atomic E-state index is 0.141. The topological polar surface area (TPSA) is 55.4 Å². The lowest BCUT2D eigenvalue weighted by atomic mass is 9.72. The fourth-order valence-corrected chi connectivity index (χ4v) is 3.67. The summed E-state index contributed by atoms with van der Waals surface area (Å²) in [6.07, 6.45) is 1.13. The van der Waals surface area contributed by atoms with Crippen LogP contribution in [0.4, 0.5) is 0 Å². The van der Waals surface area contributed by atoms with Gasteiger partial charge in [-0.25, -0.2) is 0 Å². The largest absolute Gasteiger partial charge is 0.491 e. The third-order valence-corrected chi connectivity index (χ3v) is 4.80. The van der Waals surface area contributed by atoms with Gasteiger partial charge in [-0.2, -0.15) is 0 Å². The van der Waals surface area contributed by atoms with Gasteiger partial charge in [0.05, 0.1) is 59.5 Å². The molecule has 0 aromatic heterocycles. The molecule has 0 bridgehead atoms. The Balaban J connectivity index is 1.98. The summed E-state index contributed by atoms with van der Waals surface area (Å²) in [6.45, 7) is 19.8. The van der Waals surface area contributed by atoms with Gasteiger partial charge >= 0.3 is 0 Å². The molecule has 0 saturated carbocycles. The highest BCUT2D eigenvalue weighted by Gasteiger charge is 2.27. The highest BCUT2D eigenvalue weighted by Crippen LogP contribution is 2.36. The maximum absolute atomic E-state index is 5.78. The molecule has 0 unspecified atom stereocenters. The number of benzene rings is 1. The fraction of sp³-hybridized carbons (Fsp3) is 0.769. The lowest BCUT2D eigenvalue weighted by Crippen LogP contribution is -2.24. The zero-order chi connectivity index (χ0) is 23.7. The lowest BCUT2D eigenvalue weighted by Gasteiger charge is -2.33. The smallest absolute Gasteiger partial charge is 0.119 e. The first-order valence-electron chi connectivity index (χ1n) is 11.9. The van der Waals surface area contributed by atoms with Crippen LogP contribution < -0.4 is 4.74 Å². The molecule has 186 valence electrons. The average molecular weight is 455 g/mol. The second-order valence-electron chi connectivity index (χ2n) is 9.64. The Kier molecular flexibility index (Phi) is 14.8. The molecule has 0 spiro atoms. The van der Waals surface area contributed by atoms with E-state index in [1.54, 1.807) is 0 Å². The molecule has 0 radical (unpaired) electrons. The predicted molar refractivity (Wildman–Crippen MR) is 129 cm³/mol. The quantitative estimate of drug-likeness (QED) is 0.278. The van der Waals surface area contributed by atoms with Crippen molar-refractivity contribution in [1.82, 2.24) is 0 Å². The summed E-state index contributed by atoms with van der Waals surface area (Å²) in [6, 6.07) is 8.44. The zero-order valence-electron chi connectivity index (χ0n) is 21.2. The van der Waals surface area contributed by atoms with Gasteiger partial charge in [0, 0.05) is 6.61 Å². The van der Waals surface area contributed by atoms with Crippen molar-refractivity contribution in [3.63, 3.8) is 0 Å². The molecule has 32 heavy (non-hydrogen) atoms. The minimum Gasteiger partial charge on any atom is -0.491 e. The van der Waals surface area contributed by atoms with Crippen LogP contribution in [0.1, 0.15) is 53.5 Å². The molecule has 0 fully saturated rings. The molecule has 0 amide bonds. The Morgan fingerprint density at radius 2 is 0.969 bits per heavy atom. The van der Waals surface area contributed by atoms with E-state index >= 15 is 0 Å². The van der Waals surface area contributed by atoms with Crippen LogP contribution in [0.2, 0.25) is 0 Å². The third-order valence-electron chi connectivity index (χ3n) is 4.80. The van der Waals surface area contributed by atoms with Crippen LogP contribution >= 0.6 is 0 Å². The van der Waals surface area contributed by atoms with Crippen molar-refractivity contribution in [3.8, 4) is 5.75 Å². The number of hydrogen-bond acceptors (Lipinski definition) is 6. The Morgan fingerprint density at radius 1 is 0.562 bits per heavy atom. The van der Waals surface area contributed by atoms with Crippen LogP contribution in [-0.4, -0.2) is 72.7 Å². The van der Waals surface area contributed by atoms with E-state index in [0.717, 1.165) is 18.8 Å². The monoisotopic (exact) mass is 454 g/mol. The zero-order valence-corrected chi connectivity index (χ0v) is 21.2. The molecule has 0 aliphatic heterocycles. The van der Waals surface area contributed by atoms with Gasteiger partial charge in [-0.15, -0.1) is 0 Å². The first-order chi connectivity index (χ1) is 15.2. The SMILES string of the molecule is CCOCCOCCOCCOCCOCCOc1ccc(C(C)(C)CC(C)(C)C)cc1. The molecule has 0 heterocycles. The molecule has 6 heteroatoms. The molecule has 0 aliphatic carbocycles. The lowest BCUT2D eigenvalue weighted by molar-refractivity contribution is -0.0119. The molecule has 1 aromatic rings. The van der Waals surface area contributed by atoms with Crippen molar-refractivity contribution in [1.29, 1.82) is 0 Å². The normalized spacial score (nSPS) is 12.3. The Bertz CT molecular complexity index is 565. The average Bonchev–Trinajstić information content (AvgIpc) is 2.72. The molecule has 6 nitrogen and oxygen atoms in total. The maximum Gasteiger partial charge on any atom is 0.119 e. The minimum atomic E-state index is 0.141. The van der Waals surface area contributed by atoms with Crippen LogP contribution in [0.5, 0.6) is 5.75 Å². The predicted octanol–water partition coefficient (Wildman–Crippen LogP) is 4.88. The van der Waals surface area contributed by atoms with Crippen molar-refractivity contribution in [2.45, 2.75) is 53.4 Å². The van der Waals surface area contributed by atoms with E-state index in [2.05, 4.69) is 46.8 Å². The van der Waals surface area contributed by atoms with Gasteiger partial charge in [-0.1, -0.05) is 46.8 Å². The van der Waals surface area contributed by atoms with Gasteiger partial charge in [0.25, 0.3) is 0 Å². The fourth-order valence-electron chi connectivity index (χ4n) is 3.67. The summed E-state index contributed by atoms with van der Waals surface area (Å²) in [5.74, 6) is 0.874. The van der Waals surface area contributed by atoms with E-state index in [-0.39, 0.29) is 5.41 Å². The standard InChI is InChI=1S/C26H46O6/c1-7-27-12-13-28-14-15-29-16-17-30-18-19-31-20-21-32-24-10-8-23(9-11-24)26(5,6)22-25(2,3)4/h8-11H,7,12-22H2,1-6H3. The highest BCUT2D eigenvalue weighted by atomic mass is 16.6. The third kappa shape index (κ3) is 14.8. The van der Waals surface area contributed by atoms with E-state index in [1.807, 2.05) is 19.1 Å². The number of ether oxygens (including phenoxy) is 6. The first-order valence-corrected chi connectivity index (χ1v) is 11.9. The van der Waals surface area contributed by atoms with Gasteiger partial charge in [0.15, 0.2) is 0 Å². The summed E-state index contributed by atoms with van der Waals surface area (Å²) >= 11 is 0. The van der Waals surface area contributed by atoms with Crippen LogP contribution in [0, 0.1) is 5.41 Å². The second kappa shape index (κ2) is 16.4. The van der Waals surface area contributed by atoms with Crippen LogP contribution in [0.3, 0.4) is 0 Å². The molecule has 0 saturated heterocycles. The van der Waals surface area contributed by atoms with Crippen LogP contribution in [0.25, 0.3) is 0 Å². The van der Waals surface area contributed by atoms with E-state index in [0.29, 0.717) is 71.5 Å². The van der Waals surface area contributed by atoms with Crippen molar-refractivity contribution in [3.05, 3.63) is 29.8 Å². The molecule has 0 aliphatic rings. The van der Waals surface area contributed by atoms with E-state index in [1.165, 1.54) is 5.56 Å². The van der Waals surface area contributed by atoms with Crippen molar-refractivity contribution < 1.29 is 28.4 Å². The van der Waals surface area contributed by atoms with Gasteiger partial charge < -0.3 is 28.4 Å². The van der Waals surface area contributed by atoms with Crippen molar-refractivity contribution in [2.24, 2.45) is 5.41 Å². The van der Waals surface area contributed by atoms with Gasteiger partial charge in [-0.3, -0.25) is 0 Å². The molecular weight excluding hydrogens is 408 g/mol. The molecular formula is C26H46O6. The molecule has 1 rings (SSSR count). The van der Waals surface area contributed by atoms with Crippen molar-refractivity contribution in [2.75, 3.05) is 72.7 Å². The van der Waals surface area contributed by atoms with Gasteiger partial charge in [-0.05, 0) is 41.9 Å². The molecule has 0 N–H and O–H groups in total. The van der Waals surface area contributed by atoms with Crippen LogP contribution in [0.15, 0.2) is 24.3 Å². The Labute approximate surface area is 195 Å².